The number of nitrogen functional groups attached to an aromatic ring is 1. The molecule has 4 nitrogen and oxygen atoms in total. The Labute approximate surface area is 102 Å². The van der Waals surface area contributed by atoms with Gasteiger partial charge in [-0.05, 0) is 30.7 Å². The van der Waals surface area contributed by atoms with Gasteiger partial charge in [0.05, 0.1) is 18.1 Å². The van der Waals surface area contributed by atoms with E-state index >= 15 is 0 Å². The second kappa shape index (κ2) is 4.49. The first kappa shape index (κ1) is 10.9. The summed E-state index contributed by atoms with van der Waals surface area (Å²) in [7, 11) is 0. The highest BCUT2D eigenvalue weighted by Gasteiger charge is 2.03. The topological polar surface area (TPSA) is 61.0 Å². The van der Waals surface area contributed by atoms with Gasteiger partial charge >= 0.3 is 6.01 Å². The highest BCUT2D eigenvalue weighted by molar-refractivity contribution is 9.10. The molecule has 0 saturated carbocycles. The number of rotatable bonds is 2. The van der Waals surface area contributed by atoms with Gasteiger partial charge < -0.3 is 10.5 Å². The van der Waals surface area contributed by atoms with E-state index in [0.29, 0.717) is 11.7 Å². The highest BCUT2D eigenvalue weighted by Crippen LogP contribution is 2.25. The molecule has 0 unspecified atom stereocenters. The lowest BCUT2D eigenvalue weighted by Gasteiger charge is -2.06. The van der Waals surface area contributed by atoms with Crippen molar-refractivity contribution in [3.8, 4) is 11.8 Å². The molecule has 1 aromatic carbocycles. The average molecular weight is 280 g/mol. The van der Waals surface area contributed by atoms with Crippen LogP contribution in [0.25, 0.3) is 0 Å². The summed E-state index contributed by atoms with van der Waals surface area (Å²) in [5.74, 6) is 0.730. The lowest BCUT2D eigenvalue weighted by atomic mass is 10.2. The lowest BCUT2D eigenvalue weighted by Crippen LogP contribution is -1.95. The van der Waals surface area contributed by atoms with Crippen LogP contribution < -0.4 is 10.5 Å². The normalized spacial score (nSPS) is 10.1. The molecule has 82 valence electrons. The molecular formula is C11H10BrN3O. The van der Waals surface area contributed by atoms with Gasteiger partial charge in [-0.1, -0.05) is 15.9 Å². The molecule has 0 aliphatic heterocycles. The first-order valence-corrected chi connectivity index (χ1v) is 5.46. The van der Waals surface area contributed by atoms with Crippen LogP contribution in [0.5, 0.6) is 11.8 Å². The minimum Gasteiger partial charge on any atom is -0.424 e. The molecule has 1 aromatic heterocycles. The summed E-state index contributed by atoms with van der Waals surface area (Å²) >= 11 is 3.39. The van der Waals surface area contributed by atoms with Crippen molar-refractivity contribution in [1.82, 2.24) is 9.97 Å². The summed E-state index contributed by atoms with van der Waals surface area (Å²) in [6.45, 7) is 1.96. The fraction of sp³-hybridized carbons (Fsp3) is 0.0909. The third-order valence-electron chi connectivity index (χ3n) is 1.99. The zero-order chi connectivity index (χ0) is 11.5. The summed E-state index contributed by atoms with van der Waals surface area (Å²) in [6, 6.07) is 6.02. The molecule has 16 heavy (non-hydrogen) atoms. The number of hydrogen-bond donors (Lipinski definition) is 1. The van der Waals surface area contributed by atoms with Gasteiger partial charge in [0.2, 0.25) is 0 Å². The lowest BCUT2D eigenvalue weighted by molar-refractivity contribution is 0.439. The van der Waals surface area contributed by atoms with Crippen molar-refractivity contribution in [2.24, 2.45) is 0 Å². The van der Waals surface area contributed by atoms with Gasteiger partial charge in [0.15, 0.2) is 0 Å². The Morgan fingerprint density at radius 3 is 2.56 bits per heavy atom. The van der Waals surface area contributed by atoms with E-state index in [1.165, 1.54) is 12.4 Å². The van der Waals surface area contributed by atoms with Crippen LogP contribution in [-0.4, -0.2) is 9.97 Å². The molecule has 1 heterocycles. The van der Waals surface area contributed by atoms with E-state index in [1.54, 1.807) is 0 Å². The molecule has 0 spiro atoms. The number of aryl methyl sites for hydroxylation is 1. The highest BCUT2D eigenvalue weighted by atomic mass is 79.9. The molecule has 2 aromatic rings. The van der Waals surface area contributed by atoms with Crippen LogP contribution in [-0.2, 0) is 0 Å². The van der Waals surface area contributed by atoms with Gasteiger partial charge in [-0.25, -0.2) is 9.97 Å². The summed E-state index contributed by atoms with van der Waals surface area (Å²) < 4.78 is 6.53. The van der Waals surface area contributed by atoms with Crippen LogP contribution in [0.4, 0.5) is 5.69 Å². The van der Waals surface area contributed by atoms with Gasteiger partial charge in [0.1, 0.15) is 5.75 Å². The fourth-order valence-electron chi connectivity index (χ4n) is 1.20. The molecule has 2 N–H and O–H groups in total. The second-order valence-corrected chi connectivity index (χ2v) is 4.23. The quantitative estimate of drug-likeness (QED) is 0.918. The number of nitrogens with zero attached hydrogens (tertiary/aromatic N) is 2. The summed E-state index contributed by atoms with van der Waals surface area (Å²) in [6.07, 6.45) is 3.02. The SMILES string of the molecule is Cc1cc(Br)ccc1Oc1ncc(N)cn1. The minimum absolute atomic E-state index is 0.291. The number of aromatic nitrogens is 2. The average Bonchev–Trinajstić information content (AvgIpc) is 2.25. The predicted molar refractivity (Wildman–Crippen MR) is 65.4 cm³/mol. The molecule has 5 heteroatoms. The number of nitrogens with two attached hydrogens (primary N) is 1. The van der Waals surface area contributed by atoms with Crippen LogP contribution >= 0.6 is 15.9 Å². The van der Waals surface area contributed by atoms with Crippen LogP contribution in [0.15, 0.2) is 35.1 Å². The zero-order valence-corrected chi connectivity index (χ0v) is 10.2. The Bertz CT molecular complexity index is 499. The van der Waals surface area contributed by atoms with E-state index < -0.39 is 0 Å². The van der Waals surface area contributed by atoms with Crippen molar-refractivity contribution in [3.05, 3.63) is 40.6 Å². The maximum atomic E-state index is 5.52. The van der Waals surface area contributed by atoms with E-state index in [9.17, 15) is 0 Å². The Morgan fingerprint density at radius 1 is 1.25 bits per heavy atom. The molecule has 0 bridgehead atoms. The summed E-state index contributed by atoms with van der Waals surface area (Å²) in [5.41, 5.74) is 7.01. The largest absolute Gasteiger partial charge is 0.424 e. The molecule has 0 radical (unpaired) electrons. The Balaban J connectivity index is 2.23. The van der Waals surface area contributed by atoms with Crippen LogP contribution in [0, 0.1) is 6.92 Å². The van der Waals surface area contributed by atoms with Crippen molar-refractivity contribution >= 4 is 21.6 Å². The monoisotopic (exact) mass is 279 g/mol. The van der Waals surface area contributed by atoms with Crippen molar-refractivity contribution in [2.75, 3.05) is 5.73 Å². The molecule has 0 aliphatic rings. The minimum atomic E-state index is 0.291. The van der Waals surface area contributed by atoms with Crippen LogP contribution in [0.2, 0.25) is 0 Å². The van der Waals surface area contributed by atoms with Gasteiger partial charge in [-0.15, -0.1) is 0 Å². The van der Waals surface area contributed by atoms with E-state index in [2.05, 4.69) is 25.9 Å². The Morgan fingerprint density at radius 2 is 1.94 bits per heavy atom. The Kier molecular flexibility index (Phi) is 3.05. The molecule has 0 amide bonds. The maximum absolute atomic E-state index is 5.52. The maximum Gasteiger partial charge on any atom is 0.322 e. The van der Waals surface area contributed by atoms with E-state index in [0.717, 1.165) is 15.8 Å². The standard InChI is InChI=1S/C11H10BrN3O/c1-7-4-8(12)2-3-10(7)16-11-14-5-9(13)6-15-11/h2-6H,13H2,1H3. The third kappa shape index (κ3) is 2.49. The molecular weight excluding hydrogens is 270 g/mol. The first-order valence-electron chi connectivity index (χ1n) is 4.66. The van der Waals surface area contributed by atoms with E-state index in [-0.39, 0.29) is 0 Å². The van der Waals surface area contributed by atoms with Crippen molar-refractivity contribution in [2.45, 2.75) is 6.92 Å². The van der Waals surface area contributed by atoms with Gasteiger partial charge in [0.25, 0.3) is 0 Å². The molecule has 2 rings (SSSR count). The zero-order valence-electron chi connectivity index (χ0n) is 8.64. The fourth-order valence-corrected chi connectivity index (χ4v) is 1.68. The molecule has 0 saturated heterocycles. The van der Waals surface area contributed by atoms with Crippen molar-refractivity contribution < 1.29 is 4.74 Å². The van der Waals surface area contributed by atoms with E-state index in [4.69, 9.17) is 10.5 Å². The van der Waals surface area contributed by atoms with Gasteiger partial charge in [-0.3, -0.25) is 0 Å². The molecule has 0 fully saturated rings. The molecule has 0 atom stereocenters. The van der Waals surface area contributed by atoms with Crippen LogP contribution in [0.3, 0.4) is 0 Å². The van der Waals surface area contributed by atoms with Gasteiger partial charge in [-0.2, -0.15) is 0 Å². The molecule has 0 aliphatic carbocycles. The van der Waals surface area contributed by atoms with Crippen LogP contribution in [0.1, 0.15) is 5.56 Å². The van der Waals surface area contributed by atoms with Gasteiger partial charge in [0, 0.05) is 4.47 Å². The number of ether oxygens (including phenoxy) is 1. The predicted octanol–water partition coefficient (Wildman–Crippen LogP) is 2.92. The Hall–Kier alpha value is -1.62. The van der Waals surface area contributed by atoms with Crippen molar-refractivity contribution in [3.63, 3.8) is 0 Å². The van der Waals surface area contributed by atoms with E-state index in [1.807, 2.05) is 25.1 Å². The second-order valence-electron chi connectivity index (χ2n) is 3.31. The smallest absolute Gasteiger partial charge is 0.322 e. The number of hydrogen-bond acceptors (Lipinski definition) is 4. The third-order valence-corrected chi connectivity index (χ3v) is 2.48. The number of halogens is 1. The number of benzene rings is 1. The van der Waals surface area contributed by atoms with Crippen molar-refractivity contribution in [1.29, 1.82) is 0 Å². The first-order chi connectivity index (χ1) is 7.65. The summed E-state index contributed by atoms with van der Waals surface area (Å²) in [5, 5.41) is 0. The number of anilines is 1. The summed E-state index contributed by atoms with van der Waals surface area (Å²) in [4.78, 5) is 7.93.